The molecule has 5 nitrogen and oxygen atoms in total. The average Bonchev–Trinajstić information content (AvgIpc) is 2.83. The van der Waals surface area contributed by atoms with Gasteiger partial charge in [0.1, 0.15) is 6.61 Å². The third-order valence-electron chi connectivity index (χ3n) is 3.72. The Kier molecular flexibility index (Phi) is 4.59. The molecule has 1 unspecified atom stereocenters. The van der Waals surface area contributed by atoms with Crippen LogP contribution in [0.5, 0.6) is 0 Å². The van der Waals surface area contributed by atoms with Crippen LogP contribution >= 0.6 is 0 Å². The highest BCUT2D eigenvalue weighted by Gasteiger charge is 2.33. The maximum atomic E-state index is 12.1. The third-order valence-corrected chi connectivity index (χ3v) is 3.72. The average molecular weight is 256 g/mol. The van der Waals surface area contributed by atoms with Gasteiger partial charge in [-0.15, -0.1) is 0 Å². The molecule has 0 radical (unpaired) electrons. The van der Waals surface area contributed by atoms with Crippen molar-refractivity contribution in [1.29, 1.82) is 0 Å². The van der Waals surface area contributed by atoms with Crippen molar-refractivity contribution in [2.45, 2.75) is 38.4 Å². The first-order valence-electron chi connectivity index (χ1n) is 6.87. The Bertz CT molecular complexity index is 286. The SMILES string of the molecule is CCN(CC1CCCO1)C(=O)COC1(C)CNC1. The van der Waals surface area contributed by atoms with Gasteiger partial charge in [-0.05, 0) is 26.7 Å². The summed E-state index contributed by atoms with van der Waals surface area (Å²) in [5, 5.41) is 3.16. The molecule has 2 fully saturated rings. The molecule has 0 bridgehead atoms. The van der Waals surface area contributed by atoms with E-state index in [-0.39, 0.29) is 24.2 Å². The van der Waals surface area contributed by atoms with Crippen LogP contribution < -0.4 is 5.32 Å². The quantitative estimate of drug-likeness (QED) is 0.747. The summed E-state index contributed by atoms with van der Waals surface area (Å²) in [5.41, 5.74) is -0.154. The number of carbonyl (C=O) groups is 1. The Morgan fingerprint density at radius 2 is 2.33 bits per heavy atom. The van der Waals surface area contributed by atoms with E-state index in [9.17, 15) is 4.79 Å². The van der Waals surface area contributed by atoms with Crippen molar-refractivity contribution < 1.29 is 14.3 Å². The van der Waals surface area contributed by atoms with Crippen molar-refractivity contribution in [1.82, 2.24) is 10.2 Å². The van der Waals surface area contributed by atoms with Gasteiger partial charge in [0, 0.05) is 32.8 Å². The number of hydrogen-bond donors (Lipinski definition) is 1. The zero-order valence-electron chi connectivity index (χ0n) is 11.4. The molecular weight excluding hydrogens is 232 g/mol. The van der Waals surface area contributed by atoms with Crippen molar-refractivity contribution in [3.63, 3.8) is 0 Å². The fraction of sp³-hybridized carbons (Fsp3) is 0.923. The van der Waals surface area contributed by atoms with Crippen LogP contribution in [0.4, 0.5) is 0 Å². The second-order valence-electron chi connectivity index (χ2n) is 5.41. The largest absolute Gasteiger partial charge is 0.376 e. The van der Waals surface area contributed by atoms with Gasteiger partial charge in [-0.3, -0.25) is 4.79 Å². The van der Waals surface area contributed by atoms with Crippen LogP contribution in [0, 0.1) is 0 Å². The Morgan fingerprint density at radius 3 is 2.83 bits per heavy atom. The smallest absolute Gasteiger partial charge is 0.248 e. The first-order valence-corrected chi connectivity index (χ1v) is 6.87. The molecule has 5 heteroatoms. The van der Waals surface area contributed by atoms with Crippen molar-refractivity contribution >= 4 is 5.91 Å². The van der Waals surface area contributed by atoms with Crippen LogP contribution in [0.1, 0.15) is 26.7 Å². The predicted octanol–water partition coefficient (Wildman–Crippen LogP) is 0.392. The minimum absolute atomic E-state index is 0.0705. The second-order valence-corrected chi connectivity index (χ2v) is 5.41. The molecule has 1 amide bonds. The molecule has 2 saturated heterocycles. The molecule has 18 heavy (non-hydrogen) atoms. The molecule has 0 aromatic rings. The van der Waals surface area contributed by atoms with Gasteiger partial charge in [-0.25, -0.2) is 0 Å². The molecule has 2 heterocycles. The highest BCUT2D eigenvalue weighted by Crippen LogP contribution is 2.16. The zero-order chi connectivity index (χ0) is 13.0. The molecular formula is C13H24N2O3. The van der Waals surface area contributed by atoms with Gasteiger partial charge in [-0.1, -0.05) is 0 Å². The highest BCUT2D eigenvalue weighted by molar-refractivity contribution is 5.77. The Hall–Kier alpha value is -0.650. The standard InChI is InChI=1S/C13H24N2O3/c1-3-15(7-11-5-4-6-17-11)12(16)8-18-13(2)9-14-10-13/h11,14H,3-10H2,1-2H3. The van der Waals surface area contributed by atoms with Gasteiger partial charge in [0.2, 0.25) is 5.91 Å². The maximum absolute atomic E-state index is 12.1. The minimum atomic E-state index is -0.154. The van der Waals surface area contributed by atoms with E-state index in [2.05, 4.69) is 5.32 Å². The van der Waals surface area contributed by atoms with Gasteiger partial charge in [0.05, 0.1) is 11.7 Å². The fourth-order valence-electron chi connectivity index (χ4n) is 2.35. The summed E-state index contributed by atoms with van der Waals surface area (Å²) in [4.78, 5) is 13.9. The number of amides is 1. The summed E-state index contributed by atoms with van der Waals surface area (Å²) in [6.07, 6.45) is 2.39. The van der Waals surface area contributed by atoms with E-state index >= 15 is 0 Å². The number of carbonyl (C=O) groups excluding carboxylic acids is 1. The van der Waals surface area contributed by atoms with Crippen LogP contribution in [0.25, 0.3) is 0 Å². The molecule has 0 aromatic carbocycles. The number of hydrogen-bond acceptors (Lipinski definition) is 4. The Balaban J connectivity index is 1.73. The van der Waals surface area contributed by atoms with Gasteiger partial charge in [0.25, 0.3) is 0 Å². The summed E-state index contributed by atoms with van der Waals surface area (Å²) >= 11 is 0. The summed E-state index contributed by atoms with van der Waals surface area (Å²) in [7, 11) is 0. The lowest BCUT2D eigenvalue weighted by atomic mass is 10.0. The lowest BCUT2D eigenvalue weighted by Crippen LogP contribution is -2.59. The van der Waals surface area contributed by atoms with Crippen LogP contribution in [-0.2, 0) is 14.3 Å². The topological polar surface area (TPSA) is 50.8 Å². The molecule has 0 aromatic heterocycles. The van der Waals surface area contributed by atoms with Gasteiger partial charge < -0.3 is 19.7 Å². The van der Waals surface area contributed by atoms with E-state index in [1.165, 1.54) is 0 Å². The number of likely N-dealkylation sites (N-methyl/N-ethyl adjacent to an activating group) is 1. The van der Waals surface area contributed by atoms with E-state index in [1.54, 1.807) is 0 Å². The second kappa shape index (κ2) is 5.99. The summed E-state index contributed by atoms with van der Waals surface area (Å²) in [5.74, 6) is 0.0705. The fourth-order valence-corrected chi connectivity index (χ4v) is 2.35. The van der Waals surface area contributed by atoms with Crippen molar-refractivity contribution in [3.05, 3.63) is 0 Å². The maximum Gasteiger partial charge on any atom is 0.248 e. The van der Waals surface area contributed by atoms with Gasteiger partial charge >= 0.3 is 0 Å². The molecule has 1 atom stereocenters. The summed E-state index contributed by atoms with van der Waals surface area (Å²) in [6.45, 7) is 8.13. The molecule has 0 spiro atoms. The molecule has 2 aliphatic heterocycles. The first kappa shape index (κ1) is 13.8. The lowest BCUT2D eigenvalue weighted by molar-refractivity contribution is -0.147. The zero-order valence-corrected chi connectivity index (χ0v) is 11.4. The van der Waals surface area contributed by atoms with Crippen LogP contribution in [0.3, 0.4) is 0 Å². The minimum Gasteiger partial charge on any atom is -0.376 e. The Morgan fingerprint density at radius 1 is 1.56 bits per heavy atom. The van der Waals surface area contributed by atoms with E-state index in [1.807, 2.05) is 18.7 Å². The van der Waals surface area contributed by atoms with Gasteiger partial charge in [0.15, 0.2) is 0 Å². The molecule has 1 N–H and O–H groups in total. The van der Waals surface area contributed by atoms with E-state index < -0.39 is 0 Å². The Labute approximate surface area is 109 Å². The number of nitrogens with zero attached hydrogens (tertiary/aromatic N) is 1. The van der Waals surface area contributed by atoms with E-state index in [4.69, 9.17) is 9.47 Å². The lowest BCUT2D eigenvalue weighted by Gasteiger charge is -2.39. The van der Waals surface area contributed by atoms with Gasteiger partial charge in [-0.2, -0.15) is 0 Å². The van der Waals surface area contributed by atoms with Crippen LogP contribution in [-0.4, -0.2) is 61.9 Å². The van der Waals surface area contributed by atoms with Crippen LogP contribution in [0.2, 0.25) is 0 Å². The normalized spacial score (nSPS) is 25.8. The third kappa shape index (κ3) is 3.43. The van der Waals surface area contributed by atoms with Crippen molar-refractivity contribution in [2.75, 3.05) is 39.4 Å². The highest BCUT2D eigenvalue weighted by atomic mass is 16.5. The molecule has 2 aliphatic rings. The number of rotatable bonds is 6. The number of nitrogens with one attached hydrogen (secondary N) is 1. The predicted molar refractivity (Wildman–Crippen MR) is 68.5 cm³/mol. The molecule has 0 saturated carbocycles. The van der Waals surface area contributed by atoms with Crippen LogP contribution in [0.15, 0.2) is 0 Å². The molecule has 2 rings (SSSR count). The van der Waals surface area contributed by atoms with E-state index in [0.717, 1.165) is 39.1 Å². The summed E-state index contributed by atoms with van der Waals surface area (Å²) in [6, 6.07) is 0. The molecule has 104 valence electrons. The van der Waals surface area contributed by atoms with Crippen molar-refractivity contribution in [3.8, 4) is 0 Å². The summed E-state index contributed by atoms with van der Waals surface area (Å²) < 4.78 is 11.2. The molecule has 0 aliphatic carbocycles. The number of ether oxygens (including phenoxy) is 2. The van der Waals surface area contributed by atoms with Crippen molar-refractivity contribution in [2.24, 2.45) is 0 Å². The van der Waals surface area contributed by atoms with E-state index in [0.29, 0.717) is 6.54 Å². The first-order chi connectivity index (χ1) is 8.63. The monoisotopic (exact) mass is 256 g/mol.